The van der Waals surface area contributed by atoms with Gasteiger partial charge in [0.15, 0.2) is 0 Å². The minimum Gasteiger partial charge on any atom is -0.376 e. The van der Waals surface area contributed by atoms with Gasteiger partial charge < -0.3 is 10.1 Å². The first-order chi connectivity index (χ1) is 3.39. The zero-order valence-corrected chi connectivity index (χ0v) is 7.61. The molecule has 8 heavy (non-hydrogen) atoms. The first-order valence-corrected chi connectivity index (χ1v) is 2.72. The molecule has 1 heterocycles. The Morgan fingerprint density at radius 2 is 2.38 bits per heavy atom. The summed E-state index contributed by atoms with van der Waals surface area (Å²) in [4.78, 5) is 0. The summed E-state index contributed by atoms with van der Waals surface area (Å²) < 4.78 is 5.22. The standard InChI is InChI=1S/C5H11NO.Na/c1-5-4-6-2-3-7-5;/h5-6H,2-4H2,1H3;/t5-;/m1./s1. The smallest absolute Gasteiger partial charge is 0.0672 e. The van der Waals surface area contributed by atoms with Gasteiger partial charge in [0, 0.05) is 42.6 Å². The van der Waals surface area contributed by atoms with Crippen LogP contribution in [0, 0.1) is 0 Å². The average Bonchev–Trinajstić information content (AvgIpc) is 1.69. The van der Waals surface area contributed by atoms with Crippen molar-refractivity contribution in [2.24, 2.45) is 0 Å². The van der Waals surface area contributed by atoms with E-state index in [9.17, 15) is 0 Å². The predicted molar refractivity (Wildman–Crippen MR) is 34.0 cm³/mol. The molecule has 0 bridgehead atoms. The van der Waals surface area contributed by atoms with Gasteiger partial charge in [0.25, 0.3) is 0 Å². The fourth-order valence-electron chi connectivity index (χ4n) is 0.697. The molecule has 1 radical (unpaired) electrons. The summed E-state index contributed by atoms with van der Waals surface area (Å²) >= 11 is 0. The van der Waals surface area contributed by atoms with Gasteiger partial charge in [-0.3, -0.25) is 0 Å². The first-order valence-electron chi connectivity index (χ1n) is 2.72. The molecule has 0 aromatic heterocycles. The van der Waals surface area contributed by atoms with Crippen LogP contribution in [0.25, 0.3) is 0 Å². The number of morpholine rings is 1. The third-order valence-electron chi connectivity index (χ3n) is 1.11. The van der Waals surface area contributed by atoms with E-state index in [1.165, 1.54) is 0 Å². The molecule has 2 nitrogen and oxygen atoms in total. The van der Waals surface area contributed by atoms with Crippen LogP contribution in [0.15, 0.2) is 0 Å². The normalized spacial score (nSPS) is 28.9. The van der Waals surface area contributed by atoms with E-state index in [1.807, 2.05) is 0 Å². The summed E-state index contributed by atoms with van der Waals surface area (Å²) in [5.41, 5.74) is 0. The topological polar surface area (TPSA) is 21.3 Å². The third-order valence-corrected chi connectivity index (χ3v) is 1.11. The SMILES string of the molecule is C[C@@H]1CNCCO1.[Na]. The van der Waals surface area contributed by atoms with Gasteiger partial charge in [-0.25, -0.2) is 0 Å². The molecule has 1 rings (SSSR count). The number of ether oxygens (including phenoxy) is 1. The van der Waals surface area contributed by atoms with E-state index in [2.05, 4.69) is 12.2 Å². The van der Waals surface area contributed by atoms with E-state index in [1.54, 1.807) is 0 Å². The number of rotatable bonds is 0. The molecule has 1 saturated heterocycles. The molecule has 43 valence electrons. The molecule has 1 N–H and O–H groups in total. The molecule has 0 aromatic rings. The summed E-state index contributed by atoms with van der Waals surface area (Å²) in [7, 11) is 0. The molecule has 0 unspecified atom stereocenters. The number of hydrogen-bond acceptors (Lipinski definition) is 2. The molecule has 0 spiro atoms. The van der Waals surface area contributed by atoms with Crippen LogP contribution in [0.4, 0.5) is 0 Å². The third kappa shape index (κ3) is 3.05. The molecule has 0 aliphatic carbocycles. The van der Waals surface area contributed by atoms with E-state index in [0.29, 0.717) is 6.10 Å². The van der Waals surface area contributed by atoms with Crippen LogP contribution in [0.5, 0.6) is 0 Å². The number of hydrogen-bond donors (Lipinski definition) is 1. The molecule has 0 saturated carbocycles. The van der Waals surface area contributed by atoms with Crippen LogP contribution >= 0.6 is 0 Å². The molecule has 3 heteroatoms. The maximum absolute atomic E-state index is 5.22. The van der Waals surface area contributed by atoms with Gasteiger partial charge in [0.05, 0.1) is 12.7 Å². The molecule has 0 amide bonds. The fourth-order valence-corrected chi connectivity index (χ4v) is 0.697. The molecule has 1 aliphatic heterocycles. The summed E-state index contributed by atoms with van der Waals surface area (Å²) in [6.07, 6.45) is 0.425. The van der Waals surface area contributed by atoms with Crippen LogP contribution in [-0.2, 0) is 4.74 Å². The average molecular weight is 124 g/mol. The summed E-state index contributed by atoms with van der Waals surface area (Å²) in [6, 6.07) is 0. The van der Waals surface area contributed by atoms with Gasteiger partial charge in [0.1, 0.15) is 0 Å². The summed E-state index contributed by atoms with van der Waals surface area (Å²) in [6.45, 7) is 4.98. The van der Waals surface area contributed by atoms with Crippen molar-refractivity contribution < 1.29 is 4.74 Å². The van der Waals surface area contributed by atoms with Crippen LogP contribution in [-0.4, -0.2) is 55.4 Å². The van der Waals surface area contributed by atoms with Crippen LogP contribution in [0.1, 0.15) is 6.92 Å². The van der Waals surface area contributed by atoms with Gasteiger partial charge in [-0.05, 0) is 6.92 Å². The van der Waals surface area contributed by atoms with E-state index in [-0.39, 0.29) is 29.6 Å². The van der Waals surface area contributed by atoms with Crippen molar-refractivity contribution in [2.75, 3.05) is 19.7 Å². The summed E-state index contributed by atoms with van der Waals surface area (Å²) in [5, 5.41) is 3.21. The van der Waals surface area contributed by atoms with Gasteiger partial charge >= 0.3 is 0 Å². The first kappa shape index (κ1) is 8.92. The van der Waals surface area contributed by atoms with Gasteiger partial charge in [0.2, 0.25) is 0 Å². The van der Waals surface area contributed by atoms with Crippen molar-refractivity contribution in [1.82, 2.24) is 5.32 Å². The Morgan fingerprint density at radius 3 is 2.62 bits per heavy atom. The fraction of sp³-hybridized carbons (Fsp3) is 1.00. The molecule has 1 aliphatic rings. The second-order valence-electron chi connectivity index (χ2n) is 1.89. The maximum Gasteiger partial charge on any atom is 0.0672 e. The maximum atomic E-state index is 5.22. The Morgan fingerprint density at radius 1 is 1.62 bits per heavy atom. The second-order valence-corrected chi connectivity index (χ2v) is 1.89. The Hall–Kier alpha value is 0.920. The molecular weight excluding hydrogens is 113 g/mol. The van der Waals surface area contributed by atoms with Crippen LogP contribution < -0.4 is 5.32 Å². The van der Waals surface area contributed by atoms with Gasteiger partial charge in [-0.1, -0.05) is 0 Å². The zero-order chi connectivity index (χ0) is 5.11. The van der Waals surface area contributed by atoms with Crippen molar-refractivity contribution in [3.8, 4) is 0 Å². The van der Waals surface area contributed by atoms with Crippen LogP contribution in [0.3, 0.4) is 0 Å². The Bertz CT molecular complexity index is 54.4. The van der Waals surface area contributed by atoms with Crippen molar-refractivity contribution >= 4 is 29.6 Å². The Balaban J connectivity index is 0.000000490. The van der Waals surface area contributed by atoms with Crippen molar-refractivity contribution in [2.45, 2.75) is 13.0 Å². The van der Waals surface area contributed by atoms with Crippen molar-refractivity contribution in [3.05, 3.63) is 0 Å². The van der Waals surface area contributed by atoms with Gasteiger partial charge in [-0.2, -0.15) is 0 Å². The predicted octanol–water partition coefficient (Wildman–Crippen LogP) is -0.386. The minimum atomic E-state index is 0. The van der Waals surface area contributed by atoms with Crippen molar-refractivity contribution in [1.29, 1.82) is 0 Å². The number of nitrogens with one attached hydrogen (secondary N) is 1. The van der Waals surface area contributed by atoms with E-state index < -0.39 is 0 Å². The quantitative estimate of drug-likeness (QED) is 0.444. The monoisotopic (exact) mass is 124 g/mol. The molecule has 0 aromatic carbocycles. The minimum absolute atomic E-state index is 0. The molecule has 1 fully saturated rings. The van der Waals surface area contributed by atoms with E-state index in [4.69, 9.17) is 4.74 Å². The van der Waals surface area contributed by atoms with E-state index in [0.717, 1.165) is 19.7 Å². The zero-order valence-electron chi connectivity index (χ0n) is 5.61. The molecular formula is C5H11NNaO. The van der Waals surface area contributed by atoms with Gasteiger partial charge in [-0.15, -0.1) is 0 Å². The largest absolute Gasteiger partial charge is 0.376 e. The van der Waals surface area contributed by atoms with E-state index >= 15 is 0 Å². The molecule has 1 atom stereocenters. The van der Waals surface area contributed by atoms with Crippen molar-refractivity contribution in [3.63, 3.8) is 0 Å². The Kier molecular flexibility index (Phi) is 5.31. The second kappa shape index (κ2) is 4.77. The van der Waals surface area contributed by atoms with Crippen LogP contribution in [0.2, 0.25) is 0 Å². The summed E-state index contributed by atoms with van der Waals surface area (Å²) in [5.74, 6) is 0. The Labute approximate surface area is 72.3 Å².